The van der Waals surface area contributed by atoms with Crippen LogP contribution in [0.15, 0.2) is 77.8 Å². The zero-order valence-electron chi connectivity index (χ0n) is 18.4. The van der Waals surface area contributed by atoms with Crippen LogP contribution in [-0.2, 0) is 10.0 Å². The number of hydrogen-bond acceptors (Lipinski definition) is 7. The molecule has 0 aliphatic rings. The molecule has 2 aromatic heterocycles. The summed E-state index contributed by atoms with van der Waals surface area (Å²) in [5, 5.41) is 9.99. The third-order valence-corrected chi connectivity index (χ3v) is 5.98. The van der Waals surface area contributed by atoms with Gasteiger partial charge in [0.05, 0.1) is 16.1 Å². The number of fused-ring (bicyclic) bond motifs is 1. The second kappa shape index (κ2) is 9.00. The van der Waals surface area contributed by atoms with Crippen molar-refractivity contribution in [2.75, 3.05) is 19.0 Å². The monoisotopic (exact) mass is 475 g/mol. The van der Waals surface area contributed by atoms with E-state index in [-0.39, 0.29) is 16.6 Å². The highest BCUT2D eigenvalue weighted by molar-refractivity contribution is 7.89. The lowest BCUT2D eigenvalue weighted by molar-refractivity contribution is 0.0944. The summed E-state index contributed by atoms with van der Waals surface area (Å²) in [5.74, 6) is 0.116. The molecule has 0 aliphatic heterocycles. The molecule has 0 spiro atoms. The second-order valence-corrected chi connectivity index (χ2v) is 9.29. The highest BCUT2D eigenvalue weighted by Crippen LogP contribution is 2.18. The van der Waals surface area contributed by atoms with Gasteiger partial charge in [0.1, 0.15) is 0 Å². The minimum atomic E-state index is -3.80. The van der Waals surface area contributed by atoms with Gasteiger partial charge in [0, 0.05) is 42.9 Å². The van der Waals surface area contributed by atoms with E-state index < -0.39 is 10.0 Å². The molecular weight excluding hydrogens is 454 g/mol. The highest BCUT2D eigenvalue weighted by atomic mass is 32.2. The quantitative estimate of drug-likeness (QED) is 0.335. The number of allylic oxidation sites excluding steroid dienone is 1. The Hall–Kier alpha value is -4.15. The number of primary sulfonamides is 1. The number of hydrogen-bond donors (Lipinski definition) is 1. The Morgan fingerprint density at radius 1 is 0.971 bits per heavy atom. The molecule has 0 atom stereocenters. The van der Waals surface area contributed by atoms with Gasteiger partial charge in [-0.2, -0.15) is 0 Å². The summed E-state index contributed by atoms with van der Waals surface area (Å²) < 4.78 is 24.2. The molecule has 2 N–H and O–H groups in total. The summed E-state index contributed by atoms with van der Waals surface area (Å²) in [7, 11) is -0.125. The highest BCUT2D eigenvalue weighted by Gasteiger charge is 2.12. The Labute approximate surface area is 196 Å². The number of nitrogens with zero attached hydrogens (tertiary/aromatic N) is 4. The van der Waals surface area contributed by atoms with Crippen LogP contribution in [0, 0.1) is 0 Å². The molecule has 0 radical (unpaired) electrons. The van der Waals surface area contributed by atoms with Crippen LogP contribution in [0.5, 0.6) is 0 Å². The maximum Gasteiger partial charge on any atom is 0.278 e. The molecule has 34 heavy (non-hydrogen) atoms. The molecule has 2 heterocycles. The van der Waals surface area contributed by atoms with Crippen molar-refractivity contribution in [3.8, 4) is 0 Å². The summed E-state index contributed by atoms with van der Waals surface area (Å²) in [6.45, 7) is 0. The molecule has 0 saturated carbocycles. The molecular formula is C24H21N5O4S. The van der Waals surface area contributed by atoms with Crippen LogP contribution < -0.4 is 10.0 Å². The first-order chi connectivity index (χ1) is 16.1. The van der Waals surface area contributed by atoms with Gasteiger partial charge in [-0.05, 0) is 48.6 Å². The Kier molecular flexibility index (Phi) is 6.10. The van der Waals surface area contributed by atoms with Crippen molar-refractivity contribution in [2.24, 2.45) is 5.14 Å². The minimum Gasteiger partial charge on any atom is -0.361 e. The normalized spacial score (nSPS) is 11.7. The Balaban J connectivity index is 1.48. The van der Waals surface area contributed by atoms with E-state index >= 15 is 0 Å². The number of carbonyl (C=O) groups is 2. The molecule has 172 valence electrons. The summed E-state index contributed by atoms with van der Waals surface area (Å²) >= 11 is 0. The largest absolute Gasteiger partial charge is 0.361 e. The molecule has 2 aromatic carbocycles. The van der Waals surface area contributed by atoms with Crippen LogP contribution in [0.2, 0.25) is 0 Å². The van der Waals surface area contributed by atoms with E-state index in [2.05, 4.69) is 10.1 Å². The van der Waals surface area contributed by atoms with Gasteiger partial charge >= 0.3 is 0 Å². The summed E-state index contributed by atoms with van der Waals surface area (Å²) in [4.78, 5) is 31.4. The van der Waals surface area contributed by atoms with Crippen molar-refractivity contribution in [3.05, 3.63) is 89.8 Å². The predicted octanol–water partition coefficient (Wildman–Crippen LogP) is 2.73. The van der Waals surface area contributed by atoms with Crippen molar-refractivity contribution in [1.82, 2.24) is 14.8 Å². The number of aromatic nitrogens is 3. The molecule has 10 heteroatoms. The summed E-state index contributed by atoms with van der Waals surface area (Å²) in [6.07, 6.45) is 4.55. The van der Waals surface area contributed by atoms with E-state index in [4.69, 9.17) is 5.14 Å². The first-order valence-electron chi connectivity index (χ1n) is 10.2. The number of rotatable bonds is 6. The number of carbonyl (C=O) groups excluding carboxylic acids is 2. The number of anilines is 1. The topological polar surface area (TPSA) is 128 Å². The van der Waals surface area contributed by atoms with E-state index in [0.29, 0.717) is 33.5 Å². The maximum absolute atomic E-state index is 12.6. The number of sulfonamides is 1. The van der Waals surface area contributed by atoms with Gasteiger partial charge < -0.3 is 4.90 Å². The van der Waals surface area contributed by atoms with Gasteiger partial charge in [-0.15, -0.1) is 5.10 Å². The standard InChI is InChI=1S/C24H21N5O4S/c1-28(2)23-13-14-29(27-23)24(31)17-5-3-16(4-6-17)22(30)12-9-19-8-7-18-15-20(34(25,32)33)10-11-21(18)26-19/h3-15H,1-2H3,(H2,25,32,33)/b12-9+. The van der Waals surface area contributed by atoms with Crippen LogP contribution in [0.4, 0.5) is 5.82 Å². The lowest BCUT2D eigenvalue weighted by Crippen LogP contribution is -2.15. The molecule has 4 rings (SSSR count). The second-order valence-electron chi connectivity index (χ2n) is 7.73. The number of benzene rings is 2. The van der Waals surface area contributed by atoms with E-state index in [1.54, 1.807) is 65.7 Å². The van der Waals surface area contributed by atoms with Crippen molar-refractivity contribution in [2.45, 2.75) is 4.90 Å². The lowest BCUT2D eigenvalue weighted by atomic mass is 10.1. The molecule has 9 nitrogen and oxygen atoms in total. The first kappa shape index (κ1) is 23.0. The molecule has 0 amide bonds. The maximum atomic E-state index is 12.6. The van der Waals surface area contributed by atoms with E-state index in [0.717, 1.165) is 0 Å². The van der Waals surface area contributed by atoms with Gasteiger partial charge in [-0.1, -0.05) is 18.2 Å². The summed E-state index contributed by atoms with van der Waals surface area (Å²) in [5.41, 5.74) is 1.93. The van der Waals surface area contributed by atoms with Crippen molar-refractivity contribution >= 4 is 44.5 Å². The molecule has 0 unspecified atom stereocenters. The van der Waals surface area contributed by atoms with Crippen LogP contribution in [-0.4, -0.2) is 49.0 Å². The Morgan fingerprint density at radius 3 is 2.32 bits per heavy atom. The third kappa shape index (κ3) is 4.92. The van der Waals surface area contributed by atoms with E-state index in [9.17, 15) is 18.0 Å². The van der Waals surface area contributed by atoms with Gasteiger partial charge in [0.25, 0.3) is 5.91 Å². The van der Waals surface area contributed by atoms with Crippen molar-refractivity contribution in [1.29, 1.82) is 0 Å². The number of ketones is 1. The van der Waals surface area contributed by atoms with Crippen LogP contribution >= 0.6 is 0 Å². The van der Waals surface area contributed by atoms with Crippen LogP contribution in [0.3, 0.4) is 0 Å². The summed E-state index contributed by atoms with van der Waals surface area (Å²) in [6, 6.07) is 15.8. The fourth-order valence-electron chi connectivity index (χ4n) is 3.22. The fourth-order valence-corrected chi connectivity index (χ4v) is 3.77. The predicted molar refractivity (Wildman–Crippen MR) is 129 cm³/mol. The van der Waals surface area contributed by atoms with Gasteiger partial charge in [-0.25, -0.2) is 23.2 Å². The number of nitrogens with two attached hydrogens (primary N) is 1. The molecule has 0 fully saturated rings. The van der Waals surface area contributed by atoms with E-state index in [1.165, 1.54) is 22.9 Å². The average Bonchev–Trinajstić information content (AvgIpc) is 3.32. The molecule has 4 aromatic rings. The van der Waals surface area contributed by atoms with E-state index in [1.807, 2.05) is 14.1 Å². The van der Waals surface area contributed by atoms with Gasteiger partial charge in [0.15, 0.2) is 11.6 Å². The average molecular weight is 476 g/mol. The lowest BCUT2D eigenvalue weighted by Gasteiger charge is -2.06. The zero-order valence-corrected chi connectivity index (χ0v) is 19.2. The Bertz CT molecular complexity index is 1540. The van der Waals surface area contributed by atoms with Gasteiger partial charge in [0.2, 0.25) is 10.0 Å². The zero-order chi connectivity index (χ0) is 24.5. The Morgan fingerprint density at radius 2 is 1.68 bits per heavy atom. The van der Waals surface area contributed by atoms with Crippen molar-refractivity contribution < 1.29 is 18.0 Å². The smallest absolute Gasteiger partial charge is 0.278 e. The minimum absolute atomic E-state index is 0.00731. The first-order valence-corrected chi connectivity index (χ1v) is 11.7. The SMILES string of the molecule is CN(C)c1ccn(C(=O)c2ccc(C(=O)/C=C/c3ccc4cc(S(N)(=O)=O)ccc4n3)cc2)n1. The van der Waals surface area contributed by atoms with Crippen LogP contribution in [0.25, 0.3) is 17.0 Å². The molecule has 0 bridgehead atoms. The van der Waals surface area contributed by atoms with Crippen LogP contribution in [0.1, 0.15) is 26.4 Å². The third-order valence-electron chi connectivity index (χ3n) is 5.07. The molecule has 0 aliphatic carbocycles. The van der Waals surface area contributed by atoms with Crippen molar-refractivity contribution in [3.63, 3.8) is 0 Å². The van der Waals surface area contributed by atoms with Gasteiger partial charge in [-0.3, -0.25) is 9.59 Å². The number of pyridine rings is 1. The fraction of sp³-hybridized carbons (Fsp3) is 0.0833. The molecule has 0 saturated heterocycles.